The van der Waals surface area contributed by atoms with Crippen molar-refractivity contribution in [3.8, 4) is 17.2 Å². The van der Waals surface area contributed by atoms with Gasteiger partial charge in [0.05, 0.1) is 20.1 Å². The van der Waals surface area contributed by atoms with Crippen molar-refractivity contribution in [3.63, 3.8) is 0 Å². The average Bonchev–Trinajstić information content (AvgIpc) is 3.12. The molecule has 1 aliphatic rings. The first-order chi connectivity index (χ1) is 24.1. The highest BCUT2D eigenvalue weighted by atomic mass is 16.5. The molecule has 0 saturated carbocycles. The van der Waals surface area contributed by atoms with Gasteiger partial charge in [0, 0.05) is 13.0 Å². The van der Waals surface area contributed by atoms with Crippen molar-refractivity contribution in [2.45, 2.75) is 110 Å². The Morgan fingerprint density at radius 1 is 0.880 bits per heavy atom. The third kappa shape index (κ3) is 9.89. The number of hydrogen-bond acceptors (Lipinski definition) is 7. The molecule has 4 rings (SSSR count). The Kier molecular flexibility index (Phi) is 14.3. The Morgan fingerprint density at radius 2 is 1.68 bits per heavy atom. The number of carbonyl (C=O) groups excluding carboxylic acids is 3. The van der Waals surface area contributed by atoms with E-state index in [9.17, 15) is 14.4 Å². The van der Waals surface area contributed by atoms with Crippen LogP contribution in [0.4, 0.5) is 0 Å². The number of methoxy groups -OCH3 is 2. The predicted molar refractivity (Wildman–Crippen MR) is 196 cm³/mol. The third-order valence-electron chi connectivity index (χ3n) is 9.82. The van der Waals surface area contributed by atoms with E-state index in [1.165, 1.54) is 11.1 Å². The topological polar surface area (TPSA) is 91.4 Å². The molecular formula is C42H55NO7. The van der Waals surface area contributed by atoms with Gasteiger partial charge in [0.15, 0.2) is 17.3 Å². The number of Topliss-reactive ketones (excluding diaryl/α,β-unsaturated/α-hetero) is 1. The Bertz CT molecular complexity index is 1620. The average molecular weight is 686 g/mol. The van der Waals surface area contributed by atoms with Crippen LogP contribution in [0.25, 0.3) is 0 Å². The number of unbranched alkanes of at least 4 members (excludes halogenated alkanes) is 1. The Hall–Kier alpha value is -4.33. The van der Waals surface area contributed by atoms with Crippen molar-refractivity contribution >= 4 is 17.7 Å². The van der Waals surface area contributed by atoms with Gasteiger partial charge >= 0.3 is 5.97 Å². The standard InChI is InChI=1S/C42H55NO7/c1-8-10-15-34(44)27-49-35-16-13-14-32(25-35)38(21-20-31-19-18-28(3)29(4)23-31)50-42(46)37-17-11-12-22-43(37)41(45)36(9-2)33-24-30(5)40(48-7)39(26-33)47-6/h13-14,16,18-19,23-26,36-38H,8-12,15,17,20-22,27H2,1-7H3/t36-,37-,38+/m0/s1. The summed E-state index contributed by atoms with van der Waals surface area (Å²) >= 11 is 0. The number of esters is 1. The lowest BCUT2D eigenvalue weighted by Gasteiger charge is -2.37. The fourth-order valence-corrected chi connectivity index (χ4v) is 6.76. The second-order valence-electron chi connectivity index (χ2n) is 13.5. The number of ketones is 1. The molecule has 1 heterocycles. The molecule has 1 saturated heterocycles. The maximum Gasteiger partial charge on any atom is 0.329 e. The highest BCUT2D eigenvalue weighted by Gasteiger charge is 2.38. The van der Waals surface area contributed by atoms with Gasteiger partial charge in [0.1, 0.15) is 24.5 Å². The van der Waals surface area contributed by atoms with Crippen LogP contribution in [0.15, 0.2) is 54.6 Å². The molecule has 0 aromatic heterocycles. The van der Waals surface area contributed by atoms with E-state index in [2.05, 4.69) is 39.0 Å². The smallest absolute Gasteiger partial charge is 0.329 e. The highest BCUT2D eigenvalue weighted by Crippen LogP contribution is 2.37. The third-order valence-corrected chi connectivity index (χ3v) is 9.82. The van der Waals surface area contributed by atoms with Crippen molar-refractivity contribution in [3.05, 3.63) is 88.0 Å². The number of ether oxygens (including phenoxy) is 4. The number of piperidine rings is 1. The summed E-state index contributed by atoms with van der Waals surface area (Å²) in [6, 6.07) is 17.0. The minimum absolute atomic E-state index is 0.00782. The first kappa shape index (κ1) is 38.5. The van der Waals surface area contributed by atoms with Crippen molar-refractivity contribution < 1.29 is 33.3 Å². The van der Waals surface area contributed by atoms with Gasteiger partial charge in [0.25, 0.3) is 0 Å². The Balaban J connectivity index is 1.58. The molecule has 1 fully saturated rings. The van der Waals surface area contributed by atoms with E-state index in [0.29, 0.717) is 55.9 Å². The molecule has 0 aliphatic carbocycles. The molecule has 270 valence electrons. The fourth-order valence-electron chi connectivity index (χ4n) is 6.76. The van der Waals surface area contributed by atoms with Crippen LogP contribution in [0, 0.1) is 20.8 Å². The molecule has 3 atom stereocenters. The van der Waals surface area contributed by atoms with Gasteiger partial charge in [-0.2, -0.15) is 0 Å². The summed E-state index contributed by atoms with van der Waals surface area (Å²) in [6.45, 7) is 10.7. The summed E-state index contributed by atoms with van der Waals surface area (Å²) in [4.78, 5) is 42.5. The second-order valence-corrected chi connectivity index (χ2v) is 13.5. The van der Waals surface area contributed by atoms with E-state index in [-0.39, 0.29) is 18.3 Å². The van der Waals surface area contributed by atoms with Crippen LogP contribution < -0.4 is 14.2 Å². The number of rotatable bonds is 17. The summed E-state index contributed by atoms with van der Waals surface area (Å²) in [6.07, 6.45) is 5.73. The van der Waals surface area contributed by atoms with Crippen LogP contribution in [0.5, 0.6) is 17.2 Å². The lowest BCUT2D eigenvalue weighted by atomic mass is 9.91. The molecule has 3 aromatic rings. The van der Waals surface area contributed by atoms with Gasteiger partial charge < -0.3 is 23.8 Å². The molecule has 0 bridgehead atoms. The number of likely N-dealkylation sites (tertiary alicyclic amines) is 1. The van der Waals surface area contributed by atoms with Crippen molar-refractivity contribution in [2.75, 3.05) is 27.4 Å². The monoisotopic (exact) mass is 685 g/mol. The summed E-state index contributed by atoms with van der Waals surface area (Å²) in [5.74, 6) is 0.902. The fraction of sp³-hybridized carbons (Fsp3) is 0.500. The lowest BCUT2D eigenvalue weighted by Crippen LogP contribution is -2.50. The number of benzene rings is 3. The number of aryl methyl sites for hydroxylation is 4. The van der Waals surface area contributed by atoms with Gasteiger partial charge in [-0.15, -0.1) is 0 Å². The van der Waals surface area contributed by atoms with Gasteiger partial charge in [-0.25, -0.2) is 4.79 Å². The normalized spacial score (nSPS) is 15.6. The molecule has 50 heavy (non-hydrogen) atoms. The zero-order valence-electron chi connectivity index (χ0n) is 31.0. The number of carbonyl (C=O) groups is 3. The van der Waals surface area contributed by atoms with Crippen LogP contribution >= 0.6 is 0 Å². The summed E-state index contributed by atoms with van der Waals surface area (Å²) < 4.78 is 23.4. The second kappa shape index (κ2) is 18.6. The largest absolute Gasteiger partial charge is 0.493 e. The van der Waals surface area contributed by atoms with E-state index < -0.39 is 24.0 Å². The minimum atomic E-state index is -0.689. The molecule has 8 heteroatoms. The van der Waals surface area contributed by atoms with Gasteiger partial charge in [-0.3, -0.25) is 9.59 Å². The number of amides is 1. The zero-order chi connectivity index (χ0) is 36.2. The molecular weight excluding hydrogens is 630 g/mol. The first-order valence-corrected chi connectivity index (χ1v) is 18.1. The van der Waals surface area contributed by atoms with Gasteiger partial charge in [0.2, 0.25) is 5.91 Å². The van der Waals surface area contributed by atoms with Crippen LogP contribution in [0.3, 0.4) is 0 Å². The predicted octanol–water partition coefficient (Wildman–Crippen LogP) is 8.56. The van der Waals surface area contributed by atoms with Crippen molar-refractivity contribution in [1.82, 2.24) is 4.90 Å². The maximum absolute atomic E-state index is 14.3. The van der Waals surface area contributed by atoms with Crippen LogP contribution in [-0.4, -0.2) is 56.0 Å². The number of hydrogen-bond donors (Lipinski definition) is 0. The Labute approximate surface area is 298 Å². The van der Waals surface area contributed by atoms with E-state index in [1.54, 1.807) is 19.1 Å². The molecule has 0 spiro atoms. The summed E-state index contributed by atoms with van der Waals surface area (Å²) in [7, 11) is 3.19. The molecule has 1 aliphatic heterocycles. The first-order valence-electron chi connectivity index (χ1n) is 18.1. The molecule has 3 aromatic carbocycles. The minimum Gasteiger partial charge on any atom is -0.493 e. The van der Waals surface area contributed by atoms with Crippen molar-refractivity contribution in [1.29, 1.82) is 0 Å². The Morgan fingerprint density at radius 3 is 2.38 bits per heavy atom. The zero-order valence-corrected chi connectivity index (χ0v) is 31.0. The molecule has 0 N–H and O–H groups in total. The van der Waals surface area contributed by atoms with E-state index in [1.807, 2.05) is 50.2 Å². The molecule has 0 radical (unpaired) electrons. The van der Waals surface area contributed by atoms with Crippen LogP contribution in [0.1, 0.15) is 111 Å². The summed E-state index contributed by atoms with van der Waals surface area (Å²) in [5.41, 5.74) is 6.11. The maximum atomic E-state index is 14.3. The molecule has 1 amide bonds. The van der Waals surface area contributed by atoms with E-state index >= 15 is 0 Å². The van der Waals surface area contributed by atoms with Crippen molar-refractivity contribution in [2.24, 2.45) is 0 Å². The van der Waals surface area contributed by atoms with Gasteiger partial charge in [-0.05, 0) is 117 Å². The molecule has 8 nitrogen and oxygen atoms in total. The quantitative estimate of drug-likeness (QED) is 0.132. The lowest BCUT2D eigenvalue weighted by molar-refractivity contribution is -0.162. The molecule has 0 unspecified atom stereocenters. The van der Waals surface area contributed by atoms with Crippen LogP contribution in [-0.2, 0) is 25.5 Å². The van der Waals surface area contributed by atoms with Crippen LogP contribution in [0.2, 0.25) is 0 Å². The number of nitrogens with zero attached hydrogens (tertiary/aromatic N) is 1. The SMILES string of the molecule is CCCCC(=O)COc1cccc([C@@H](CCc2ccc(C)c(C)c2)OC(=O)[C@@H]2CCCCN2C(=O)[C@@H](CC)c2cc(C)c(OC)c(OC)c2)c1. The van der Waals surface area contributed by atoms with Gasteiger partial charge in [-0.1, -0.05) is 56.7 Å². The van der Waals surface area contributed by atoms with E-state index in [0.717, 1.165) is 47.9 Å². The highest BCUT2D eigenvalue weighted by molar-refractivity contribution is 5.89. The van der Waals surface area contributed by atoms with E-state index in [4.69, 9.17) is 18.9 Å². The summed E-state index contributed by atoms with van der Waals surface area (Å²) in [5, 5.41) is 0.